The molecule has 0 aliphatic heterocycles. The van der Waals surface area contributed by atoms with E-state index in [0.717, 1.165) is 27.8 Å². The Bertz CT molecular complexity index is 1380. The van der Waals surface area contributed by atoms with E-state index in [1.165, 1.54) is 0 Å². The minimum atomic E-state index is -0.974. The van der Waals surface area contributed by atoms with Crippen LogP contribution in [-0.2, 0) is 27.3 Å². The molecule has 3 aromatic rings. The molecule has 2 N–H and O–H groups in total. The smallest absolute Gasteiger partial charge is 0.408 e. The van der Waals surface area contributed by atoms with Crippen molar-refractivity contribution in [2.45, 2.75) is 98.0 Å². The lowest BCUT2D eigenvalue weighted by molar-refractivity contribution is -0.149. The Morgan fingerprint density at radius 1 is 0.837 bits per heavy atom. The Kier molecular flexibility index (Phi) is 11.1. The molecular weight excluding hydrogens is 538 g/mol. The minimum absolute atomic E-state index is 0.236. The Morgan fingerprint density at radius 2 is 1.42 bits per heavy atom. The highest BCUT2D eigenvalue weighted by atomic mass is 16.6. The number of carbonyl (C=O) groups excluding carboxylic acids is 3. The van der Waals surface area contributed by atoms with E-state index >= 15 is 0 Å². The molecule has 2 atom stereocenters. The zero-order chi connectivity index (χ0) is 31.8. The van der Waals surface area contributed by atoms with Gasteiger partial charge in [-0.05, 0) is 77.1 Å². The topological polar surface area (TPSA) is 87.7 Å². The SMILES string of the molecule is CCC(C)(C)N(C(=O)C(Cc1ccccc1)NC(=O)OC(C)(C)C)C(C(=O)NCc1ccccc1)c1cc(C)ccc1C. The van der Waals surface area contributed by atoms with Crippen LogP contribution in [0.15, 0.2) is 78.9 Å². The van der Waals surface area contributed by atoms with Crippen molar-refractivity contribution in [2.75, 3.05) is 0 Å². The van der Waals surface area contributed by atoms with E-state index < -0.39 is 29.3 Å². The fourth-order valence-electron chi connectivity index (χ4n) is 4.95. The summed E-state index contributed by atoms with van der Waals surface area (Å²) in [6.45, 7) is 15.5. The molecule has 43 heavy (non-hydrogen) atoms. The van der Waals surface area contributed by atoms with Gasteiger partial charge in [0, 0.05) is 18.5 Å². The van der Waals surface area contributed by atoms with Crippen molar-refractivity contribution in [1.82, 2.24) is 15.5 Å². The number of nitrogens with one attached hydrogen (secondary N) is 2. The normalized spacial score (nSPS) is 13.0. The largest absolute Gasteiger partial charge is 0.444 e. The molecule has 0 saturated heterocycles. The lowest BCUT2D eigenvalue weighted by Crippen LogP contribution is -2.60. The number of alkyl carbamates (subject to hydrolysis) is 1. The number of carbonyl (C=O) groups is 3. The van der Waals surface area contributed by atoms with Gasteiger partial charge in [0.15, 0.2) is 0 Å². The van der Waals surface area contributed by atoms with Crippen LogP contribution in [0, 0.1) is 13.8 Å². The van der Waals surface area contributed by atoms with Crippen molar-refractivity contribution in [3.05, 3.63) is 107 Å². The highest BCUT2D eigenvalue weighted by molar-refractivity contribution is 5.93. The Labute approximate surface area is 257 Å². The van der Waals surface area contributed by atoms with E-state index in [1.54, 1.807) is 25.7 Å². The van der Waals surface area contributed by atoms with E-state index in [2.05, 4.69) is 10.6 Å². The molecule has 0 spiro atoms. The van der Waals surface area contributed by atoms with Crippen molar-refractivity contribution in [1.29, 1.82) is 0 Å². The van der Waals surface area contributed by atoms with E-state index in [-0.39, 0.29) is 18.2 Å². The summed E-state index contributed by atoms with van der Waals surface area (Å²) in [5.74, 6) is -0.648. The molecule has 0 saturated carbocycles. The van der Waals surface area contributed by atoms with Gasteiger partial charge in [-0.25, -0.2) is 4.79 Å². The summed E-state index contributed by atoms with van der Waals surface area (Å²) < 4.78 is 5.56. The van der Waals surface area contributed by atoms with Gasteiger partial charge in [-0.1, -0.05) is 91.3 Å². The predicted molar refractivity (Wildman–Crippen MR) is 171 cm³/mol. The minimum Gasteiger partial charge on any atom is -0.444 e. The molecule has 230 valence electrons. The summed E-state index contributed by atoms with van der Waals surface area (Å²) in [4.78, 5) is 43.8. The molecule has 3 aromatic carbocycles. The molecule has 0 bridgehead atoms. The molecule has 3 rings (SSSR count). The molecule has 7 nitrogen and oxygen atoms in total. The Balaban J connectivity index is 2.13. The fraction of sp³-hybridized carbons (Fsp3) is 0.417. The lowest BCUT2D eigenvalue weighted by atomic mass is 9.89. The highest BCUT2D eigenvalue weighted by Gasteiger charge is 2.43. The van der Waals surface area contributed by atoms with Crippen molar-refractivity contribution in [2.24, 2.45) is 0 Å². The standard InChI is InChI=1S/C36H47N3O4/c1-9-36(7,8)39(33(41)30(23-27-16-12-10-13-17-27)38-34(42)43-35(4,5)6)31(29-22-25(2)20-21-26(29)3)32(40)37-24-28-18-14-11-15-19-28/h10-22,30-31H,9,23-24H2,1-8H3,(H,37,40)(H,38,42). The number of benzene rings is 3. The molecule has 0 aliphatic carbocycles. The number of hydrogen-bond donors (Lipinski definition) is 2. The van der Waals surface area contributed by atoms with E-state index in [1.807, 2.05) is 113 Å². The maximum Gasteiger partial charge on any atom is 0.408 e. The van der Waals surface area contributed by atoms with Gasteiger partial charge in [0.25, 0.3) is 0 Å². The monoisotopic (exact) mass is 585 g/mol. The predicted octanol–water partition coefficient (Wildman–Crippen LogP) is 6.81. The van der Waals surface area contributed by atoms with E-state index in [4.69, 9.17) is 4.74 Å². The molecule has 3 amide bonds. The number of rotatable bonds is 11. The summed E-state index contributed by atoms with van der Waals surface area (Å²) in [6, 6.07) is 23.3. The van der Waals surface area contributed by atoms with Crippen molar-refractivity contribution in [3.63, 3.8) is 0 Å². The second-order valence-electron chi connectivity index (χ2n) is 12.7. The average molecular weight is 586 g/mol. The third kappa shape index (κ3) is 9.43. The van der Waals surface area contributed by atoms with Gasteiger partial charge in [-0.3, -0.25) is 9.59 Å². The zero-order valence-electron chi connectivity index (χ0n) is 26.9. The maximum absolute atomic E-state index is 14.8. The third-order valence-electron chi connectivity index (χ3n) is 7.57. The first kappa shape index (κ1) is 33.4. The van der Waals surface area contributed by atoms with Gasteiger partial charge < -0.3 is 20.3 Å². The summed E-state index contributed by atoms with van der Waals surface area (Å²) in [7, 11) is 0. The average Bonchev–Trinajstić information content (AvgIpc) is 2.95. The van der Waals surface area contributed by atoms with Gasteiger partial charge in [-0.2, -0.15) is 0 Å². The maximum atomic E-state index is 14.8. The van der Waals surface area contributed by atoms with Crippen LogP contribution in [0.2, 0.25) is 0 Å². The number of aryl methyl sites for hydroxylation is 2. The molecule has 0 aromatic heterocycles. The first-order chi connectivity index (χ1) is 20.2. The van der Waals surface area contributed by atoms with Crippen molar-refractivity contribution >= 4 is 17.9 Å². The highest BCUT2D eigenvalue weighted by Crippen LogP contribution is 2.34. The van der Waals surface area contributed by atoms with Crippen LogP contribution in [0.4, 0.5) is 4.79 Å². The molecule has 0 radical (unpaired) electrons. The van der Waals surface area contributed by atoms with Crippen LogP contribution >= 0.6 is 0 Å². The van der Waals surface area contributed by atoms with E-state index in [9.17, 15) is 14.4 Å². The second kappa shape index (κ2) is 14.4. The van der Waals surface area contributed by atoms with Crippen LogP contribution in [0.1, 0.15) is 81.8 Å². The fourth-order valence-corrected chi connectivity index (χ4v) is 4.95. The number of ether oxygens (including phenoxy) is 1. The first-order valence-corrected chi connectivity index (χ1v) is 15.0. The Morgan fingerprint density at radius 3 is 1.98 bits per heavy atom. The van der Waals surface area contributed by atoms with Gasteiger partial charge in [0.05, 0.1) is 0 Å². The summed E-state index contributed by atoms with van der Waals surface area (Å²) in [5.41, 5.74) is 2.97. The van der Waals surface area contributed by atoms with Crippen LogP contribution in [-0.4, -0.2) is 40.0 Å². The van der Waals surface area contributed by atoms with E-state index in [0.29, 0.717) is 13.0 Å². The van der Waals surface area contributed by atoms with Crippen LogP contribution < -0.4 is 10.6 Å². The number of hydrogen-bond acceptors (Lipinski definition) is 4. The van der Waals surface area contributed by atoms with Gasteiger partial charge >= 0.3 is 6.09 Å². The quantitative estimate of drug-likeness (QED) is 0.259. The number of amides is 3. The molecule has 0 aliphatic rings. The number of nitrogens with zero attached hydrogens (tertiary/aromatic N) is 1. The van der Waals surface area contributed by atoms with Crippen LogP contribution in [0.25, 0.3) is 0 Å². The second-order valence-corrected chi connectivity index (χ2v) is 12.7. The first-order valence-electron chi connectivity index (χ1n) is 15.0. The Hall–Kier alpha value is -4.13. The molecule has 0 heterocycles. The molecular formula is C36H47N3O4. The molecule has 7 heteroatoms. The summed E-state index contributed by atoms with van der Waals surface area (Å²) >= 11 is 0. The summed E-state index contributed by atoms with van der Waals surface area (Å²) in [5, 5.41) is 5.93. The van der Waals surface area contributed by atoms with Gasteiger partial charge in [0.2, 0.25) is 11.8 Å². The van der Waals surface area contributed by atoms with Crippen molar-refractivity contribution < 1.29 is 19.1 Å². The lowest BCUT2D eigenvalue weighted by Gasteiger charge is -2.45. The zero-order valence-corrected chi connectivity index (χ0v) is 26.9. The molecule has 2 unspecified atom stereocenters. The van der Waals surface area contributed by atoms with Crippen LogP contribution in [0.5, 0.6) is 0 Å². The van der Waals surface area contributed by atoms with Crippen LogP contribution in [0.3, 0.4) is 0 Å². The third-order valence-corrected chi connectivity index (χ3v) is 7.57. The van der Waals surface area contributed by atoms with Gasteiger partial charge in [-0.15, -0.1) is 0 Å². The van der Waals surface area contributed by atoms with Crippen molar-refractivity contribution in [3.8, 4) is 0 Å². The summed E-state index contributed by atoms with van der Waals surface area (Å²) in [6.07, 6.45) is 0.129. The molecule has 0 fully saturated rings. The van der Waals surface area contributed by atoms with Gasteiger partial charge in [0.1, 0.15) is 17.7 Å².